The molecule has 2 nitrogen and oxygen atoms in total. The molecule has 0 amide bonds. The van der Waals surface area contributed by atoms with Gasteiger partial charge in [-0.25, -0.2) is 0 Å². The van der Waals surface area contributed by atoms with E-state index in [1.807, 2.05) is 6.08 Å². The lowest BCUT2D eigenvalue weighted by Gasteiger charge is -2.57. The van der Waals surface area contributed by atoms with Crippen LogP contribution < -0.4 is 0 Å². The van der Waals surface area contributed by atoms with Gasteiger partial charge in [-0.3, -0.25) is 9.59 Å². The summed E-state index contributed by atoms with van der Waals surface area (Å²) in [6.45, 7) is 4.63. The number of carbonyl (C=O) groups excluding carboxylic acids is 2. The number of allylic oxidation sites excluding steroid dienone is 4. The standard InChI is InChI=1S/C28H34O2/c1-27-15-13-21(29)18-25(27)20(10-6-9-19-7-4-3-5-8-19)17-22-23-11-12-26(30)28(23,2)16-14-24(22)27/h3-5,7-8,13,15,18,20,22-24H,6,9-12,14,16-17H2,1-2H3/t20-,22-,23-,24-,27+,28-/m0/s1. The lowest BCUT2D eigenvalue weighted by atomic mass is 9.46. The van der Waals surface area contributed by atoms with Gasteiger partial charge in [-0.2, -0.15) is 0 Å². The van der Waals surface area contributed by atoms with Crippen LogP contribution in [0.4, 0.5) is 0 Å². The summed E-state index contributed by atoms with van der Waals surface area (Å²) >= 11 is 0. The Labute approximate surface area is 180 Å². The van der Waals surface area contributed by atoms with Gasteiger partial charge in [0.05, 0.1) is 0 Å². The Morgan fingerprint density at radius 2 is 1.83 bits per heavy atom. The first-order valence-electron chi connectivity index (χ1n) is 11.9. The first kappa shape index (κ1) is 20.0. The molecular formula is C28H34O2. The second-order valence-corrected chi connectivity index (χ2v) is 10.7. The highest BCUT2D eigenvalue weighted by atomic mass is 16.1. The molecule has 0 N–H and O–H groups in total. The summed E-state index contributed by atoms with van der Waals surface area (Å²) in [6.07, 6.45) is 14.5. The molecular weight excluding hydrogens is 368 g/mol. The van der Waals surface area contributed by atoms with E-state index < -0.39 is 0 Å². The highest BCUT2D eigenvalue weighted by molar-refractivity contribution is 6.01. The van der Waals surface area contributed by atoms with Crippen LogP contribution in [-0.4, -0.2) is 11.6 Å². The number of ketones is 2. The van der Waals surface area contributed by atoms with Crippen molar-refractivity contribution >= 4 is 11.6 Å². The van der Waals surface area contributed by atoms with Crippen molar-refractivity contribution in [3.8, 4) is 0 Å². The van der Waals surface area contributed by atoms with Gasteiger partial charge in [-0.05, 0) is 86.3 Å². The molecule has 5 rings (SSSR count). The normalized spacial score (nSPS) is 39.9. The molecule has 158 valence electrons. The number of hydrogen-bond acceptors (Lipinski definition) is 2. The molecule has 0 heterocycles. The Morgan fingerprint density at radius 1 is 1.03 bits per heavy atom. The molecule has 0 radical (unpaired) electrons. The summed E-state index contributed by atoms with van der Waals surface area (Å²) in [6, 6.07) is 10.7. The summed E-state index contributed by atoms with van der Waals surface area (Å²) < 4.78 is 0. The third kappa shape index (κ3) is 3.06. The fraction of sp³-hybridized carbons (Fsp3) is 0.571. The Bertz CT molecular complexity index is 910. The van der Waals surface area contributed by atoms with Crippen molar-refractivity contribution < 1.29 is 9.59 Å². The minimum Gasteiger partial charge on any atom is -0.299 e. The predicted octanol–water partition coefficient (Wildman–Crippen LogP) is 6.11. The van der Waals surface area contributed by atoms with E-state index >= 15 is 0 Å². The summed E-state index contributed by atoms with van der Waals surface area (Å²) in [4.78, 5) is 25.1. The lowest BCUT2D eigenvalue weighted by molar-refractivity contribution is -0.132. The molecule has 0 aromatic heterocycles. The zero-order valence-corrected chi connectivity index (χ0v) is 18.4. The van der Waals surface area contributed by atoms with Crippen LogP contribution in [0.3, 0.4) is 0 Å². The van der Waals surface area contributed by atoms with Crippen molar-refractivity contribution in [3.63, 3.8) is 0 Å². The summed E-state index contributed by atoms with van der Waals surface area (Å²) in [5.74, 6) is 2.84. The van der Waals surface area contributed by atoms with Gasteiger partial charge >= 0.3 is 0 Å². The molecule has 30 heavy (non-hydrogen) atoms. The van der Waals surface area contributed by atoms with Gasteiger partial charge < -0.3 is 0 Å². The van der Waals surface area contributed by atoms with E-state index in [1.54, 1.807) is 6.08 Å². The van der Waals surface area contributed by atoms with E-state index in [0.29, 0.717) is 29.5 Å². The van der Waals surface area contributed by atoms with Gasteiger partial charge in [0.15, 0.2) is 5.78 Å². The molecule has 1 aromatic rings. The predicted molar refractivity (Wildman–Crippen MR) is 120 cm³/mol. The lowest BCUT2D eigenvalue weighted by Crippen LogP contribution is -2.51. The fourth-order valence-electron chi connectivity index (χ4n) is 7.66. The molecule has 1 aromatic carbocycles. The number of rotatable bonds is 4. The monoisotopic (exact) mass is 402 g/mol. The van der Waals surface area contributed by atoms with E-state index in [2.05, 4.69) is 50.3 Å². The number of carbonyl (C=O) groups is 2. The fourth-order valence-corrected chi connectivity index (χ4v) is 7.66. The van der Waals surface area contributed by atoms with Crippen molar-refractivity contribution in [1.82, 2.24) is 0 Å². The number of hydrogen-bond donors (Lipinski definition) is 0. The van der Waals surface area contributed by atoms with E-state index in [1.165, 1.54) is 11.1 Å². The van der Waals surface area contributed by atoms with Crippen LogP contribution in [-0.2, 0) is 16.0 Å². The van der Waals surface area contributed by atoms with Crippen LogP contribution >= 0.6 is 0 Å². The van der Waals surface area contributed by atoms with Gasteiger partial charge in [0.25, 0.3) is 0 Å². The molecule has 2 heteroatoms. The topological polar surface area (TPSA) is 34.1 Å². The van der Waals surface area contributed by atoms with Crippen molar-refractivity contribution in [2.45, 2.75) is 65.2 Å². The quantitative estimate of drug-likeness (QED) is 0.609. The maximum absolute atomic E-state index is 12.8. The Balaban J connectivity index is 1.42. The molecule has 0 aliphatic heterocycles. The van der Waals surface area contributed by atoms with Crippen LogP contribution in [0.1, 0.15) is 64.4 Å². The number of benzene rings is 1. The molecule has 4 aliphatic carbocycles. The average Bonchev–Trinajstić information content (AvgIpc) is 3.05. The second-order valence-electron chi connectivity index (χ2n) is 10.7. The molecule has 0 spiro atoms. The number of aryl methyl sites for hydroxylation is 1. The maximum Gasteiger partial charge on any atom is 0.178 e. The van der Waals surface area contributed by atoms with Gasteiger partial charge in [-0.1, -0.05) is 55.8 Å². The van der Waals surface area contributed by atoms with Gasteiger partial charge in [0.1, 0.15) is 5.78 Å². The maximum atomic E-state index is 12.8. The number of fused-ring (bicyclic) bond motifs is 5. The van der Waals surface area contributed by atoms with Crippen molar-refractivity contribution in [3.05, 3.63) is 59.7 Å². The van der Waals surface area contributed by atoms with Crippen molar-refractivity contribution in [2.75, 3.05) is 0 Å². The Kier molecular flexibility index (Phi) is 4.87. The third-order valence-electron chi connectivity index (χ3n) is 9.29. The molecule has 0 saturated heterocycles. The Hall–Kier alpha value is -1.96. The molecule has 3 fully saturated rings. The van der Waals surface area contributed by atoms with E-state index in [0.717, 1.165) is 51.4 Å². The second kappa shape index (κ2) is 7.32. The molecule has 6 atom stereocenters. The first-order valence-corrected chi connectivity index (χ1v) is 11.9. The van der Waals surface area contributed by atoms with Crippen molar-refractivity contribution in [1.29, 1.82) is 0 Å². The summed E-state index contributed by atoms with van der Waals surface area (Å²) in [5, 5.41) is 0. The zero-order chi connectivity index (χ0) is 20.9. The van der Waals surface area contributed by atoms with Crippen LogP contribution in [0, 0.1) is 34.5 Å². The van der Waals surface area contributed by atoms with E-state index in [9.17, 15) is 9.59 Å². The van der Waals surface area contributed by atoms with E-state index in [-0.39, 0.29) is 16.6 Å². The summed E-state index contributed by atoms with van der Waals surface area (Å²) in [5.41, 5.74) is 2.68. The van der Waals surface area contributed by atoms with Crippen LogP contribution in [0.2, 0.25) is 0 Å². The molecule has 4 aliphatic rings. The average molecular weight is 403 g/mol. The van der Waals surface area contributed by atoms with Crippen molar-refractivity contribution in [2.24, 2.45) is 34.5 Å². The SMILES string of the molecule is C[C@]12C=CC(=O)C=C1[C@@H](CCCc1ccccc1)C[C@@H]1[C@@H]2CC[C@]2(C)C(=O)CC[C@@H]12. The largest absolute Gasteiger partial charge is 0.299 e. The molecule has 0 unspecified atom stereocenters. The highest BCUT2D eigenvalue weighted by Gasteiger charge is 2.59. The molecule has 3 saturated carbocycles. The van der Waals surface area contributed by atoms with E-state index in [4.69, 9.17) is 0 Å². The van der Waals surface area contributed by atoms with Gasteiger partial charge in [0.2, 0.25) is 0 Å². The first-order chi connectivity index (χ1) is 14.4. The minimum absolute atomic E-state index is 0.0127. The Morgan fingerprint density at radius 3 is 2.63 bits per heavy atom. The minimum atomic E-state index is -0.0957. The smallest absolute Gasteiger partial charge is 0.178 e. The van der Waals surface area contributed by atoms with Gasteiger partial charge in [-0.15, -0.1) is 0 Å². The molecule has 0 bridgehead atoms. The van der Waals surface area contributed by atoms with Gasteiger partial charge in [0, 0.05) is 17.3 Å². The number of Topliss-reactive ketones (excluding diaryl/α,β-unsaturated/α-hetero) is 1. The summed E-state index contributed by atoms with van der Waals surface area (Å²) in [7, 11) is 0. The van der Waals surface area contributed by atoms with Crippen LogP contribution in [0.25, 0.3) is 0 Å². The van der Waals surface area contributed by atoms with Crippen LogP contribution in [0.15, 0.2) is 54.1 Å². The van der Waals surface area contributed by atoms with Crippen LogP contribution in [0.5, 0.6) is 0 Å². The zero-order valence-electron chi connectivity index (χ0n) is 18.4. The highest BCUT2D eigenvalue weighted by Crippen LogP contribution is 2.65. The third-order valence-corrected chi connectivity index (χ3v) is 9.29.